The van der Waals surface area contributed by atoms with E-state index in [0.29, 0.717) is 22.7 Å². The predicted octanol–water partition coefficient (Wildman–Crippen LogP) is 7.91. The molecule has 4 rings (SSSR count). The molecule has 0 aromatic heterocycles. The van der Waals surface area contributed by atoms with Crippen molar-refractivity contribution in [1.29, 1.82) is 0 Å². The van der Waals surface area contributed by atoms with E-state index in [-0.39, 0.29) is 11.3 Å². The van der Waals surface area contributed by atoms with Crippen LogP contribution in [0.25, 0.3) is 11.6 Å². The number of ether oxygens (including phenoxy) is 2. The SMILES string of the molecule is COC(=O)c1ccc(C=C(C(=O)Nc2ccc(OCC3CCCCC3)cc2)c2ccc(C(C)(C)C)cc2)cc1. The summed E-state index contributed by atoms with van der Waals surface area (Å²) in [6, 6.07) is 22.7. The van der Waals surface area contributed by atoms with E-state index in [1.165, 1.54) is 44.8 Å². The van der Waals surface area contributed by atoms with Gasteiger partial charge in [0.1, 0.15) is 5.75 Å². The third kappa shape index (κ3) is 7.82. The molecule has 1 saturated carbocycles. The Labute approximate surface area is 232 Å². The Hall–Kier alpha value is -3.86. The fraction of sp³-hybridized carbons (Fsp3) is 0.353. The maximum Gasteiger partial charge on any atom is 0.337 e. The molecule has 204 valence electrons. The maximum absolute atomic E-state index is 13.6. The van der Waals surface area contributed by atoms with Gasteiger partial charge in [-0.1, -0.05) is 76.4 Å². The van der Waals surface area contributed by atoms with Gasteiger partial charge in [-0.15, -0.1) is 0 Å². The van der Waals surface area contributed by atoms with Gasteiger partial charge in [0.25, 0.3) is 5.91 Å². The zero-order valence-corrected chi connectivity index (χ0v) is 23.5. The van der Waals surface area contributed by atoms with Crippen LogP contribution < -0.4 is 10.1 Å². The molecule has 5 nitrogen and oxygen atoms in total. The van der Waals surface area contributed by atoms with Crippen LogP contribution in [0, 0.1) is 5.92 Å². The predicted molar refractivity (Wildman–Crippen MR) is 158 cm³/mol. The smallest absolute Gasteiger partial charge is 0.337 e. The lowest BCUT2D eigenvalue weighted by Crippen LogP contribution is -2.15. The van der Waals surface area contributed by atoms with Crippen molar-refractivity contribution in [3.8, 4) is 5.75 Å². The van der Waals surface area contributed by atoms with Gasteiger partial charge in [0.05, 0.1) is 19.3 Å². The van der Waals surface area contributed by atoms with Gasteiger partial charge < -0.3 is 14.8 Å². The largest absolute Gasteiger partial charge is 0.493 e. The van der Waals surface area contributed by atoms with Gasteiger partial charge in [-0.2, -0.15) is 0 Å². The standard InChI is InChI=1S/C34H39NO4/c1-34(2,3)28-16-14-26(15-17-28)31(22-24-10-12-27(13-11-24)33(37)38-4)32(36)35-29-18-20-30(21-19-29)39-23-25-8-6-5-7-9-25/h10-22,25H,5-9,23H2,1-4H3,(H,35,36). The van der Waals surface area contributed by atoms with E-state index >= 15 is 0 Å². The fourth-order valence-corrected chi connectivity index (χ4v) is 4.83. The minimum Gasteiger partial charge on any atom is -0.493 e. The molecule has 1 aliphatic rings. The Morgan fingerprint density at radius 1 is 0.846 bits per heavy atom. The third-order valence-electron chi connectivity index (χ3n) is 7.27. The van der Waals surface area contributed by atoms with Crippen molar-refractivity contribution >= 4 is 29.2 Å². The number of nitrogens with one attached hydrogen (secondary N) is 1. The highest BCUT2D eigenvalue weighted by atomic mass is 16.5. The number of benzene rings is 3. The van der Waals surface area contributed by atoms with Gasteiger partial charge in [-0.25, -0.2) is 4.79 Å². The Morgan fingerprint density at radius 3 is 2.05 bits per heavy atom. The molecule has 39 heavy (non-hydrogen) atoms. The van der Waals surface area contributed by atoms with Crippen LogP contribution in [0.2, 0.25) is 0 Å². The van der Waals surface area contributed by atoms with Gasteiger partial charge in [0.15, 0.2) is 0 Å². The number of hydrogen-bond donors (Lipinski definition) is 1. The normalized spacial score (nSPS) is 14.5. The number of amides is 1. The molecule has 1 fully saturated rings. The molecule has 0 aliphatic heterocycles. The van der Waals surface area contributed by atoms with E-state index in [1.807, 2.05) is 54.6 Å². The number of rotatable bonds is 8. The average molecular weight is 526 g/mol. The van der Waals surface area contributed by atoms with Gasteiger partial charge in [-0.3, -0.25) is 4.79 Å². The molecule has 1 aliphatic carbocycles. The highest BCUT2D eigenvalue weighted by Crippen LogP contribution is 2.28. The molecule has 0 saturated heterocycles. The highest BCUT2D eigenvalue weighted by molar-refractivity contribution is 6.29. The molecule has 0 atom stereocenters. The Kier molecular flexibility index (Phi) is 9.23. The molecule has 5 heteroatoms. The van der Waals surface area contributed by atoms with Crippen molar-refractivity contribution in [3.63, 3.8) is 0 Å². The molecule has 0 spiro atoms. The van der Waals surface area contributed by atoms with Crippen LogP contribution in [0.15, 0.2) is 72.8 Å². The van der Waals surface area contributed by atoms with Crippen LogP contribution in [0.3, 0.4) is 0 Å². The number of carbonyl (C=O) groups is 2. The number of hydrogen-bond acceptors (Lipinski definition) is 4. The lowest BCUT2D eigenvalue weighted by Gasteiger charge is -2.21. The van der Waals surface area contributed by atoms with E-state index in [2.05, 4.69) is 38.2 Å². The molecule has 0 unspecified atom stereocenters. The lowest BCUT2D eigenvalue weighted by molar-refractivity contribution is -0.111. The number of anilines is 1. The third-order valence-corrected chi connectivity index (χ3v) is 7.27. The Bertz CT molecular complexity index is 1280. The summed E-state index contributed by atoms with van der Waals surface area (Å²) >= 11 is 0. The van der Waals surface area contributed by atoms with Crippen LogP contribution in [0.5, 0.6) is 5.75 Å². The van der Waals surface area contributed by atoms with Crippen LogP contribution >= 0.6 is 0 Å². The summed E-state index contributed by atoms with van der Waals surface area (Å²) in [7, 11) is 1.36. The van der Waals surface area contributed by atoms with Crippen LogP contribution in [-0.2, 0) is 14.9 Å². The summed E-state index contributed by atoms with van der Waals surface area (Å²) in [5, 5.41) is 3.04. The molecule has 0 heterocycles. The Morgan fingerprint density at radius 2 is 1.46 bits per heavy atom. The summed E-state index contributed by atoms with van der Waals surface area (Å²) in [6.45, 7) is 7.24. The lowest BCUT2D eigenvalue weighted by atomic mass is 9.86. The second-order valence-corrected chi connectivity index (χ2v) is 11.3. The van der Waals surface area contributed by atoms with Crippen molar-refractivity contribution in [2.75, 3.05) is 19.0 Å². The zero-order chi connectivity index (χ0) is 27.8. The second-order valence-electron chi connectivity index (χ2n) is 11.3. The second kappa shape index (κ2) is 12.8. The molecule has 0 radical (unpaired) electrons. The molecule has 0 bridgehead atoms. The molecule has 3 aromatic rings. The first-order chi connectivity index (χ1) is 18.7. The zero-order valence-electron chi connectivity index (χ0n) is 23.5. The van der Waals surface area contributed by atoms with Gasteiger partial charge >= 0.3 is 5.97 Å². The molecule has 1 N–H and O–H groups in total. The maximum atomic E-state index is 13.6. The van der Waals surface area contributed by atoms with Crippen molar-refractivity contribution < 1.29 is 19.1 Å². The van der Waals surface area contributed by atoms with Crippen molar-refractivity contribution in [2.24, 2.45) is 5.92 Å². The summed E-state index contributed by atoms with van der Waals surface area (Å²) in [6.07, 6.45) is 8.24. The van der Waals surface area contributed by atoms with Crippen LogP contribution in [0.4, 0.5) is 5.69 Å². The van der Waals surface area contributed by atoms with E-state index < -0.39 is 5.97 Å². The summed E-state index contributed by atoms with van der Waals surface area (Å²) in [4.78, 5) is 25.4. The minimum atomic E-state index is -0.396. The average Bonchev–Trinajstić information content (AvgIpc) is 2.95. The van der Waals surface area contributed by atoms with Gasteiger partial charge in [0.2, 0.25) is 0 Å². The number of esters is 1. The first-order valence-electron chi connectivity index (χ1n) is 13.8. The van der Waals surface area contributed by atoms with Gasteiger partial charge in [-0.05, 0) is 83.3 Å². The molecule has 1 amide bonds. The van der Waals surface area contributed by atoms with Crippen LogP contribution in [0.1, 0.15) is 79.9 Å². The molecule has 3 aromatic carbocycles. The summed E-state index contributed by atoms with van der Waals surface area (Å²) in [5.74, 6) is 0.842. The van der Waals surface area contributed by atoms with Crippen molar-refractivity contribution in [2.45, 2.75) is 58.3 Å². The van der Waals surface area contributed by atoms with E-state index in [9.17, 15) is 9.59 Å². The van der Waals surface area contributed by atoms with Crippen LogP contribution in [-0.4, -0.2) is 25.6 Å². The first kappa shape index (κ1) is 28.2. The van der Waals surface area contributed by atoms with E-state index in [1.54, 1.807) is 12.1 Å². The minimum absolute atomic E-state index is 0.00911. The van der Waals surface area contributed by atoms with E-state index in [0.717, 1.165) is 23.5 Å². The number of methoxy groups -OCH3 is 1. The Balaban J connectivity index is 1.53. The quantitative estimate of drug-likeness (QED) is 0.184. The molecular formula is C34H39NO4. The van der Waals surface area contributed by atoms with Gasteiger partial charge in [0, 0.05) is 11.3 Å². The highest BCUT2D eigenvalue weighted by Gasteiger charge is 2.17. The topological polar surface area (TPSA) is 64.6 Å². The monoisotopic (exact) mass is 525 g/mol. The fourth-order valence-electron chi connectivity index (χ4n) is 4.83. The summed E-state index contributed by atoms with van der Waals surface area (Å²) < 4.78 is 10.8. The van der Waals surface area contributed by atoms with Crippen molar-refractivity contribution in [3.05, 3.63) is 95.1 Å². The van der Waals surface area contributed by atoms with E-state index in [4.69, 9.17) is 9.47 Å². The first-order valence-corrected chi connectivity index (χ1v) is 13.8. The van der Waals surface area contributed by atoms with Crippen molar-refractivity contribution in [1.82, 2.24) is 0 Å². The molecular weight excluding hydrogens is 486 g/mol. The summed E-state index contributed by atoms with van der Waals surface area (Å²) in [5.41, 5.74) is 4.50. The number of carbonyl (C=O) groups excluding carboxylic acids is 2.